The summed E-state index contributed by atoms with van der Waals surface area (Å²) in [6, 6.07) is 4.82. The first kappa shape index (κ1) is 12.0. The molecule has 1 saturated heterocycles. The van der Waals surface area contributed by atoms with Gasteiger partial charge in [-0.25, -0.2) is 0 Å². The maximum Gasteiger partial charge on any atom is 0.0701 e. The molecule has 1 aliphatic rings. The van der Waals surface area contributed by atoms with E-state index in [1.54, 1.807) is 0 Å². The predicted octanol–water partition coefficient (Wildman–Crippen LogP) is 4.06. The summed E-state index contributed by atoms with van der Waals surface area (Å²) in [5.41, 5.74) is 0. The van der Waals surface area contributed by atoms with Crippen molar-refractivity contribution in [2.45, 2.75) is 31.1 Å². The Hall–Kier alpha value is 0.490. The molecule has 0 spiro atoms. The normalized spacial score (nSPS) is 23.2. The molecule has 2 unspecified atom stereocenters. The highest BCUT2D eigenvalue weighted by molar-refractivity contribution is 9.11. The lowest BCUT2D eigenvalue weighted by molar-refractivity contribution is 0.566. The zero-order valence-corrected chi connectivity index (χ0v) is 12.1. The molecule has 2 heterocycles. The summed E-state index contributed by atoms with van der Waals surface area (Å²) in [4.78, 5) is 1.42. The number of thioether (sulfide) groups is 1. The van der Waals surface area contributed by atoms with Gasteiger partial charge in [-0.15, -0.1) is 11.3 Å². The van der Waals surface area contributed by atoms with Gasteiger partial charge in [-0.05, 0) is 53.6 Å². The molecule has 1 aliphatic heterocycles. The van der Waals surface area contributed by atoms with E-state index in [0.717, 1.165) is 11.8 Å². The highest BCUT2D eigenvalue weighted by atomic mass is 79.9. The second-order valence-corrected chi connectivity index (χ2v) is 7.81. The molecule has 1 aromatic rings. The molecule has 0 bridgehead atoms. The smallest absolute Gasteiger partial charge is 0.0701 e. The molecule has 1 nitrogen and oxygen atoms in total. The molecule has 1 aromatic heterocycles. The third-order valence-electron chi connectivity index (χ3n) is 2.70. The lowest BCUT2D eigenvalue weighted by Gasteiger charge is -2.15. The van der Waals surface area contributed by atoms with Gasteiger partial charge in [0, 0.05) is 22.7 Å². The summed E-state index contributed by atoms with van der Waals surface area (Å²) in [5, 5.41) is 4.47. The van der Waals surface area contributed by atoms with E-state index in [-0.39, 0.29) is 0 Å². The van der Waals surface area contributed by atoms with E-state index in [9.17, 15) is 0 Å². The van der Waals surface area contributed by atoms with Gasteiger partial charge in [0.05, 0.1) is 3.79 Å². The Balaban J connectivity index is 1.79. The molecular weight excluding hydrogens is 290 g/mol. The van der Waals surface area contributed by atoms with Crippen LogP contribution in [-0.4, -0.2) is 17.5 Å². The first-order valence-corrected chi connectivity index (χ1v) is 8.02. The third-order valence-corrected chi connectivity index (χ3v) is 5.90. The van der Waals surface area contributed by atoms with Gasteiger partial charge in [0.15, 0.2) is 0 Å². The predicted molar refractivity (Wildman–Crippen MR) is 73.9 cm³/mol. The monoisotopic (exact) mass is 305 g/mol. The summed E-state index contributed by atoms with van der Waals surface area (Å²) in [6.45, 7) is 3.40. The standard InChI is InChI=1S/C11H16BrNS2/c1-8(10-4-5-11(12)15-10)13-7-9-3-2-6-14-9/h4-5,8-9,13H,2-3,6-7H2,1H3. The summed E-state index contributed by atoms with van der Waals surface area (Å²) >= 11 is 7.45. The van der Waals surface area contributed by atoms with Crippen molar-refractivity contribution in [2.75, 3.05) is 12.3 Å². The van der Waals surface area contributed by atoms with E-state index >= 15 is 0 Å². The average Bonchev–Trinajstić information content (AvgIpc) is 2.84. The molecule has 84 valence electrons. The minimum atomic E-state index is 0.488. The topological polar surface area (TPSA) is 12.0 Å². The number of rotatable bonds is 4. The van der Waals surface area contributed by atoms with Gasteiger partial charge in [-0.2, -0.15) is 11.8 Å². The van der Waals surface area contributed by atoms with Gasteiger partial charge in [0.2, 0.25) is 0 Å². The van der Waals surface area contributed by atoms with Crippen LogP contribution in [0.3, 0.4) is 0 Å². The van der Waals surface area contributed by atoms with E-state index in [1.165, 1.54) is 27.3 Å². The second kappa shape index (κ2) is 5.71. The molecule has 1 fully saturated rings. The molecule has 0 aliphatic carbocycles. The van der Waals surface area contributed by atoms with Crippen molar-refractivity contribution in [3.05, 3.63) is 20.8 Å². The molecule has 2 atom stereocenters. The molecule has 15 heavy (non-hydrogen) atoms. The first-order valence-electron chi connectivity index (χ1n) is 5.36. The minimum Gasteiger partial charge on any atom is -0.308 e. The van der Waals surface area contributed by atoms with Crippen molar-refractivity contribution in [3.8, 4) is 0 Å². The maximum atomic E-state index is 3.62. The fourth-order valence-corrected chi connectivity index (χ4v) is 4.44. The molecule has 1 N–H and O–H groups in total. The van der Waals surface area contributed by atoms with Crippen LogP contribution < -0.4 is 5.32 Å². The Morgan fingerprint density at radius 1 is 1.60 bits per heavy atom. The number of thiophene rings is 1. The highest BCUT2D eigenvalue weighted by Gasteiger charge is 2.16. The maximum absolute atomic E-state index is 3.62. The van der Waals surface area contributed by atoms with E-state index in [0.29, 0.717) is 6.04 Å². The molecule has 4 heteroatoms. The molecule has 0 amide bonds. The minimum absolute atomic E-state index is 0.488. The van der Waals surface area contributed by atoms with E-state index < -0.39 is 0 Å². The van der Waals surface area contributed by atoms with Crippen LogP contribution in [0.2, 0.25) is 0 Å². The van der Waals surface area contributed by atoms with Gasteiger partial charge in [0.25, 0.3) is 0 Å². The summed E-state index contributed by atoms with van der Waals surface area (Å²) in [6.07, 6.45) is 2.79. The Kier molecular flexibility index (Phi) is 4.55. The zero-order chi connectivity index (χ0) is 10.7. The largest absolute Gasteiger partial charge is 0.308 e. The molecule has 2 rings (SSSR count). The number of hydrogen-bond donors (Lipinski definition) is 1. The summed E-state index contributed by atoms with van der Waals surface area (Å²) in [5.74, 6) is 1.35. The number of hydrogen-bond acceptors (Lipinski definition) is 3. The first-order chi connectivity index (χ1) is 7.25. The Bertz CT molecular complexity index is 307. The van der Waals surface area contributed by atoms with Crippen molar-refractivity contribution >= 4 is 39.0 Å². The molecule has 0 radical (unpaired) electrons. The molecular formula is C11H16BrNS2. The van der Waals surface area contributed by atoms with Gasteiger partial charge in [-0.3, -0.25) is 0 Å². The van der Waals surface area contributed by atoms with Crippen LogP contribution in [0.1, 0.15) is 30.7 Å². The molecule has 0 saturated carbocycles. The van der Waals surface area contributed by atoms with Crippen LogP contribution in [0.4, 0.5) is 0 Å². The van der Waals surface area contributed by atoms with Crippen molar-refractivity contribution in [2.24, 2.45) is 0 Å². The van der Waals surface area contributed by atoms with Crippen LogP contribution in [0.15, 0.2) is 15.9 Å². The Labute approximate surface area is 108 Å². The lowest BCUT2D eigenvalue weighted by Crippen LogP contribution is -2.25. The quantitative estimate of drug-likeness (QED) is 0.900. The van der Waals surface area contributed by atoms with Crippen LogP contribution in [0.5, 0.6) is 0 Å². The second-order valence-electron chi connectivity index (χ2n) is 3.91. The highest BCUT2D eigenvalue weighted by Crippen LogP contribution is 2.29. The van der Waals surface area contributed by atoms with Crippen LogP contribution >= 0.6 is 39.0 Å². The zero-order valence-electron chi connectivity index (χ0n) is 8.83. The summed E-state index contributed by atoms with van der Waals surface area (Å²) < 4.78 is 1.22. The lowest BCUT2D eigenvalue weighted by atomic mass is 10.2. The van der Waals surface area contributed by atoms with Crippen LogP contribution in [-0.2, 0) is 0 Å². The SMILES string of the molecule is CC(NCC1CCCS1)c1ccc(Br)s1. The van der Waals surface area contributed by atoms with Crippen molar-refractivity contribution in [1.29, 1.82) is 0 Å². The van der Waals surface area contributed by atoms with E-state index in [4.69, 9.17) is 0 Å². The van der Waals surface area contributed by atoms with Gasteiger partial charge in [0.1, 0.15) is 0 Å². The van der Waals surface area contributed by atoms with E-state index in [2.05, 4.69) is 52.1 Å². The van der Waals surface area contributed by atoms with Crippen LogP contribution in [0, 0.1) is 0 Å². The Morgan fingerprint density at radius 3 is 3.07 bits per heavy atom. The fourth-order valence-electron chi connectivity index (χ4n) is 1.78. The Morgan fingerprint density at radius 2 is 2.47 bits per heavy atom. The third kappa shape index (κ3) is 3.48. The van der Waals surface area contributed by atoms with Crippen LogP contribution in [0.25, 0.3) is 0 Å². The van der Waals surface area contributed by atoms with Crippen molar-refractivity contribution < 1.29 is 0 Å². The number of halogens is 1. The van der Waals surface area contributed by atoms with Gasteiger partial charge >= 0.3 is 0 Å². The molecule has 0 aromatic carbocycles. The van der Waals surface area contributed by atoms with Crippen molar-refractivity contribution in [3.63, 3.8) is 0 Å². The van der Waals surface area contributed by atoms with Gasteiger partial charge in [-0.1, -0.05) is 0 Å². The van der Waals surface area contributed by atoms with Crippen molar-refractivity contribution in [1.82, 2.24) is 5.32 Å². The van der Waals surface area contributed by atoms with Gasteiger partial charge < -0.3 is 5.32 Å². The number of nitrogens with one attached hydrogen (secondary N) is 1. The fraction of sp³-hybridized carbons (Fsp3) is 0.636. The average molecular weight is 306 g/mol. The summed E-state index contributed by atoms with van der Waals surface area (Å²) in [7, 11) is 0. The van der Waals surface area contributed by atoms with E-state index in [1.807, 2.05) is 11.3 Å².